The predicted molar refractivity (Wildman–Crippen MR) is 81.6 cm³/mol. The van der Waals surface area contributed by atoms with Gasteiger partial charge in [-0.25, -0.2) is 0 Å². The fourth-order valence-electron chi connectivity index (χ4n) is 1.89. The minimum absolute atomic E-state index is 0.470. The number of nitro benzene ring substituents is 1. The van der Waals surface area contributed by atoms with E-state index in [-0.39, 0.29) is 0 Å². The van der Waals surface area contributed by atoms with E-state index in [1.807, 2.05) is 11.8 Å². The molecule has 0 aliphatic rings. The fraction of sp³-hybridized carbons (Fsp3) is 0.571. The predicted octanol–water partition coefficient (Wildman–Crippen LogP) is 3.75. The molecule has 1 aromatic carbocycles. The zero-order valence-electron chi connectivity index (χ0n) is 11.7. The van der Waals surface area contributed by atoms with E-state index >= 15 is 0 Å². The van der Waals surface area contributed by atoms with Crippen LogP contribution < -0.4 is 5.32 Å². The number of thioether (sulfide) groups is 1. The van der Waals surface area contributed by atoms with Crippen molar-refractivity contribution in [2.75, 3.05) is 18.6 Å². The molecule has 4 nitrogen and oxygen atoms in total. The maximum atomic E-state index is 13.4. The first-order valence-corrected chi connectivity index (χ1v) is 8.17. The van der Waals surface area contributed by atoms with Gasteiger partial charge in [-0.2, -0.15) is 16.2 Å². The summed E-state index contributed by atoms with van der Waals surface area (Å²) in [5, 5.41) is 13.7. The Morgan fingerprint density at radius 2 is 2.05 bits per heavy atom. The molecule has 0 spiro atoms. The van der Waals surface area contributed by atoms with Gasteiger partial charge in [0.05, 0.1) is 4.92 Å². The molecule has 0 atom stereocenters. The highest BCUT2D eigenvalue weighted by atomic mass is 32.2. The van der Waals surface area contributed by atoms with Crippen molar-refractivity contribution in [3.05, 3.63) is 39.7 Å². The second-order valence-electron chi connectivity index (χ2n) is 4.63. The standard InChI is InChI=1S/C14H21FN2O2S/c1-20-9-5-3-2-4-8-16-11-12-6-7-14(17(18)19)13(15)10-12/h6-7,10,16H,2-5,8-9,11H2,1H3. The van der Waals surface area contributed by atoms with Crippen molar-refractivity contribution >= 4 is 17.4 Å². The van der Waals surface area contributed by atoms with Crippen LogP contribution in [0, 0.1) is 15.9 Å². The Morgan fingerprint density at radius 1 is 1.30 bits per heavy atom. The quantitative estimate of drug-likeness (QED) is 0.406. The minimum atomic E-state index is -0.772. The van der Waals surface area contributed by atoms with Gasteiger partial charge in [-0.3, -0.25) is 10.1 Å². The maximum absolute atomic E-state index is 13.4. The zero-order chi connectivity index (χ0) is 14.8. The van der Waals surface area contributed by atoms with Gasteiger partial charge in [0.1, 0.15) is 0 Å². The Hall–Kier alpha value is -1.14. The summed E-state index contributed by atoms with van der Waals surface area (Å²) in [7, 11) is 0. The Bertz CT molecular complexity index is 430. The monoisotopic (exact) mass is 300 g/mol. The number of halogens is 1. The summed E-state index contributed by atoms with van der Waals surface area (Å²) < 4.78 is 13.4. The number of unbranched alkanes of at least 4 members (excludes halogenated alkanes) is 3. The van der Waals surface area contributed by atoms with Gasteiger partial charge in [-0.15, -0.1) is 0 Å². The van der Waals surface area contributed by atoms with Crippen LogP contribution in [0.3, 0.4) is 0 Å². The molecule has 112 valence electrons. The first-order chi connectivity index (χ1) is 9.65. The zero-order valence-corrected chi connectivity index (χ0v) is 12.5. The molecule has 0 saturated heterocycles. The summed E-state index contributed by atoms with van der Waals surface area (Å²) >= 11 is 1.87. The van der Waals surface area contributed by atoms with E-state index in [1.165, 1.54) is 37.1 Å². The summed E-state index contributed by atoms with van der Waals surface area (Å²) in [6.07, 6.45) is 6.92. The molecule has 0 fully saturated rings. The average Bonchev–Trinajstić information content (AvgIpc) is 2.41. The van der Waals surface area contributed by atoms with Crippen LogP contribution in [0.1, 0.15) is 31.2 Å². The molecular formula is C14H21FN2O2S. The molecular weight excluding hydrogens is 279 g/mol. The second kappa shape index (κ2) is 9.72. The van der Waals surface area contributed by atoms with Crippen molar-refractivity contribution in [1.29, 1.82) is 0 Å². The molecule has 0 amide bonds. The number of nitro groups is 1. The van der Waals surface area contributed by atoms with Gasteiger partial charge < -0.3 is 5.32 Å². The van der Waals surface area contributed by atoms with E-state index in [0.29, 0.717) is 6.54 Å². The Morgan fingerprint density at radius 3 is 2.70 bits per heavy atom. The average molecular weight is 300 g/mol. The molecule has 1 rings (SSSR count). The molecule has 0 aliphatic carbocycles. The lowest BCUT2D eigenvalue weighted by Gasteiger charge is -2.05. The fourth-order valence-corrected chi connectivity index (χ4v) is 2.38. The molecule has 20 heavy (non-hydrogen) atoms. The van der Waals surface area contributed by atoms with E-state index in [2.05, 4.69) is 11.6 Å². The van der Waals surface area contributed by atoms with Crippen LogP contribution in [0.2, 0.25) is 0 Å². The second-order valence-corrected chi connectivity index (χ2v) is 5.61. The third-order valence-corrected chi connectivity index (χ3v) is 3.69. The molecule has 1 aromatic rings. The van der Waals surface area contributed by atoms with Crippen LogP contribution in [0.5, 0.6) is 0 Å². The van der Waals surface area contributed by atoms with Crippen molar-refractivity contribution < 1.29 is 9.31 Å². The normalized spacial score (nSPS) is 10.7. The van der Waals surface area contributed by atoms with E-state index in [4.69, 9.17) is 0 Å². The molecule has 6 heteroatoms. The molecule has 0 unspecified atom stereocenters. The number of hydrogen-bond donors (Lipinski definition) is 1. The van der Waals surface area contributed by atoms with Crippen LogP contribution in [0.4, 0.5) is 10.1 Å². The summed E-state index contributed by atoms with van der Waals surface area (Å²) in [4.78, 5) is 9.78. The van der Waals surface area contributed by atoms with Crippen LogP contribution in [0.25, 0.3) is 0 Å². The number of rotatable bonds is 10. The van der Waals surface area contributed by atoms with E-state index < -0.39 is 16.4 Å². The Labute approximate surface area is 123 Å². The Kier molecular flexibility index (Phi) is 8.22. The highest BCUT2D eigenvalue weighted by molar-refractivity contribution is 7.98. The van der Waals surface area contributed by atoms with E-state index in [1.54, 1.807) is 6.07 Å². The number of hydrogen-bond acceptors (Lipinski definition) is 4. The number of benzene rings is 1. The van der Waals surface area contributed by atoms with Crippen molar-refractivity contribution in [2.24, 2.45) is 0 Å². The largest absolute Gasteiger partial charge is 0.313 e. The first kappa shape index (κ1) is 16.9. The van der Waals surface area contributed by atoms with Gasteiger partial charge in [0.2, 0.25) is 5.82 Å². The Balaban J connectivity index is 2.19. The van der Waals surface area contributed by atoms with Gasteiger partial charge >= 0.3 is 5.69 Å². The van der Waals surface area contributed by atoms with Crippen LogP contribution in [-0.2, 0) is 6.54 Å². The summed E-state index contributed by atoms with van der Waals surface area (Å²) in [5.74, 6) is 0.446. The van der Waals surface area contributed by atoms with Crippen LogP contribution in [0.15, 0.2) is 18.2 Å². The van der Waals surface area contributed by atoms with Crippen molar-refractivity contribution in [1.82, 2.24) is 5.32 Å². The van der Waals surface area contributed by atoms with Crippen LogP contribution in [-0.4, -0.2) is 23.5 Å². The lowest BCUT2D eigenvalue weighted by molar-refractivity contribution is -0.387. The van der Waals surface area contributed by atoms with Gasteiger partial charge in [0.15, 0.2) is 0 Å². The van der Waals surface area contributed by atoms with Crippen LogP contribution >= 0.6 is 11.8 Å². The minimum Gasteiger partial charge on any atom is -0.313 e. The molecule has 0 bridgehead atoms. The maximum Gasteiger partial charge on any atom is 0.304 e. The lowest BCUT2D eigenvalue weighted by Crippen LogP contribution is -2.14. The smallest absolute Gasteiger partial charge is 0.304 e. The molecule has 0 radical (unpaired) electrons. The summed E-state index contributed by atoms with van der Waals surface area (Å²) in [5.41, 5.74) is 0.262. The third-order valence-electron chi connectivity index (χ3n) is 2.99. The van der Waals surface area contributed by atoms with E-state index in [0.717, 1.165) is 18.5 Å². The molecule has 1 N–H and O–H groups in total. The van der Waals surface area contributed by atoms with Gasteiger partial charge in [0, 0.05) is 12.6 Å². The third kappa shape index (κ3) is 6.34. The topological polar surface area (TPSA) is 55.2 Å². The number of nitrogens with one attached hydrogen (secondary N) is 1. The lowest BCUT2D eigenvalue weighted by atomic mass is 10.2. The molecule has 0 aromatic heterocycles. The molecule has 0 heterocycles. The van der Waals surface area contributed by atoms with E-state index in [9.17, 15) is 14.5 Å². The summed E-state index contributed by atoms with van der Waals surface area (Å²) in [6, 6.07) is 4.03. The highest BCUT2D eigenvalue weighted by Gasteiger charge is 2.13. The molecule has 0 saturated carbocycles. The highest BCUT2D eigenvalue weighted by Crippen LogP contribution is 2.17. The van der Waals surface area contributed by atoms with Crippen molar-refractivity contribution in [3.8, 4) is 0 Å². The number of nitrogens with zero attached hydrogens (tertiary/aromatic N) is 1. The molecule has 0 aliphatic heterocycles. The van der Waals surface area contributed by atoms with Crippen molar-refractivity contribution in [2.45, 2.75) is 32.2 Å². The van der Waals surface area contributed by atoms with Gasteiger partial charge in [-0.05, 0) is 43.0 Å². The summed E-state index contributed by atoms with van der Waals surface area (Å²) in [6.45, 7) is 1.43. The first-order valence-electron chi connectivity index (χ1n) is 6.77. The van der Waals surface area contributed by atoms with Gasteiger partial charge in [-0.1, -0.05) is 18.9 Å². The van der Waals surface area contributed by atoms with Gasteiger partial charge in [0.25, 0.3) is 0 Å². The SMILES string of the molecule is CSCCCCCCNCc1ccc([N+](=O)[O-])c(F)c1. The van der Waals surface area contributed by atoms with Crippen molar-refractivity contribution in [3.63, 3.8) is 0 Å².